The highest BCUT2D eigenvalue weighted by atomic mass is 16.2. The molecule has 1 saturated heterocycles. The topological polar surface area (TPSA) is 23.6 Å². The molecule has 0 aliphatic carbocycles. The molecule has 1 fully saturated rings. The second kappa shape index (κ2) is 7.44. The van der Waals surface area contributed by atoms with Crippen molar-refractivity contribution >= 4 is 5.91 Å². The number of rotatable bonds is 5. The van der Waals surface area contributed by atoms with Crippen molar-refractivity contribution in [1.29, 1.82) is 0 Å². The molecule has 2 rings (SSSR count). The first-order valence-electron chi connectivity index (χ1n) is 7.72. The largest absolute Gasteiger partial charge is 0.339 e. The molecule has 1 aliphatic rings. The summed E-state index contributed by atoms with van der Waals surface area (Å²) < 4.78 is 0. The lowest BCUT2D eigenvalue weighted by Crippen LogP contribution is -2.47. The molecule has 1 aromatic carbocycles. The highest BCUT2D eigenvalue weighted by molar-refractivity contribution is 5.78. The molecule has 1 heterocycles. The summed E-state index contributed by atoms with van der Waals surface area (Å²) in [5.74, 6) is 0.287. The van der Waals surface area contributed by atoms with E-state index in [0.717, 1.165) is 25.9 Å². The van der Waals surface area contributed by atoms with Gasteiger partial charge in [-0.15, -0.1) is 0 Å². The van der Waals surface area contributed by atoms with Crippen LogP contribution in [0.4, 0.5) is 0 Å². The van der Waals surface area contributed by atoms with E-state index in [1.54, 1.807) is 0 Å². The van der Waals surface area contributed by atoms with Crippen LogP contribution in [0.15, 0.2) is 30.3 Å². The Kier molecular flexibility index (Phi) is 5.60. The lowest BCUT2D eigenvalue weighted by molar-refractivity contribution is -0.136. The first-order valence-corrected chi connectivity index (χ1v) is 7.72. The fourth-order valence-electron chi connectivity index (χ4n) is 3.03. The highest BCUT2D eigenvalue weighted by Crippen LogP contribution is 2.19. The fraction of sp³-hybridized carbons (Fsp3) is 0.588. The molecule has 3 nitrogen and oxygen atoms in total. The molecule has 0 bridgehead atoms. The molecule has 0 saturated carbocycles. The van der Waals surface area contributed by atoms with Crippen molar-refractivity contribution in [2.45, 2.75) is 45.2 Å². The van der Waals surface area contributed by atoms with Gasteiger partial charge in [-0.3, -0.25) is 9.69 Å². The van der Waals surface area contributed by atoms with Crippen LogP contribution >= 0.6 is 0 Å². The Labute approximate surface area is 122 Å². The molecule has 1 unspecified atom stereocenters. The maximum Gasteiger partial charge on any atom is 0.236 e. The van der Waals surface area contributed by atoms with Crippen LogP contribution in [-0.2, 0) is 11.3 Å². The summed E-state index contributed by atoms with van der Waals surface area (Å²) in [6, 6.07) is 10.8. The van der Waals surface area contributed by atoms with Crippen molar-refractivity contribution in [3.63, 3.8) is 0 Å². The third kappa shape index (κ3) is 4.07. The van der Waals surface area contributed by atoms with E-state index in [9.17, 15) is 4.79 Å². The predicted octanol–water partition coefficient (Wildman–Crippen LogP) is 2.91. The molecule has 1 aromatic rings. The summed E-state index contributed by atoms with van der Waals surface area (Å²) in [6.07, 6.45) is 4.67. The minimum absolute atomic E-state index is 0.287. The average Bonchev–Trinajstić information content (AvgIpc) is 2.48. The number of likely N-dealkylation sites (N-methyl/N-ethyl adjacent to an activating group) is 1. The van der Waals surface area contributed by atoms with E-state index in [1.165, 1.54) is 18.4 Å². The minimum Gasteiger partial charge on any atom is -0.339 e. The van der Waals surface area contributed by atoms with Gasteiger partial charge in [0.1, 0.15) is 0 Å². The SMILES string of the molecule is CCC1CCCCN1C(=O)CN(C)Cc1ccccc1. The summed E-state index contributed by atoms with van der Waals surface area (Å²) in [4.78, 5) is 16.7. The molecule has 20 heavy (non-hydrogen) atoms. The Morgan fingerprint density at radius 2 is 2.05 bits per heavy atom. The first-order chi connectivity index (χ1) is 9.70. The number of carbonyl (C=O) groups excluding carboxylic acids is 1. The van der Waals surface area contributed by atoms with E-state index in [2.05, 4.69) is 28.9 Å². The molecule has 1 aliphatic heterocycles. The number of hydrogen-bond acceptors (Lipinski definition) is 2. The highest BCUT2D eigenvalue weighted by Gasteiger charge is 2.25. The summed E-state index contributed by atoms with van der Waals surface area (Å²) in [6.45, 7) is 4.48. The predicted molar refractivity (Wildman–Crippen MR) is 82.4 cm³/mol. The van der Waals surface area contributed by atoms with E-state index >= 15 is 0 Å². The number of carbonyl (C=O) groups is 1. The van der Waals surface area contributed by atoms with E-state index in [1.807, 2.05) is 25.2 Å². The maximum absolute atomic E-state index is 12.5. The summed E-state index contributed by atoms with van der Waals surface area (Å²) >= 11 is 0. The van der Waals surface area contributed by atoms with Crippen molar-refractivity contribution in [2.24, 2.45) is 0 Å². The Hall–Kier alpha value is -1.35. The zero-order valence-electron chi connectivity index (χ0n) is 12.7. The minimum atomic E-state index is 0.287. The Bertz CT molecular complexity index is 418. The monoisotopic (exact) mass is 274 g/mol. The fourth-order valence-corrected chi connectivity index (χ4v) is 3.03. The van der Waals surface area contributed by atoms with Gasteiger partial charge < -0.3 is 4.90 Å². The quantitative estimate of drug-likeness (QED) is 0.824. The number of likely N-dealkylation sites (tertiary alicyclic amines) is 1. The number of nitrogens with zero attached hydrogens (tertiary/aromatic N) is 2. The van der Waals surface area contributed by atoms with Crippen molar-refractivity contribution in [2.75, 3.05) is 20.1 Å². The van der Waals surface area contributed by atoms with Crippen molar-refractivity contribution in [1.82, 2.24) is 9.80 Å². The van der Waals surface area contributed by atoms with Crippen LogP contribution in [0.1, 0.15) is 38.2 Å². The molecule has 0 spiro atoms. The van der Waals surface area contributed by atoms with Gasteiger partial charge in [0.05, 0.1) is 6.54 Å². The van der Waals surface area contributed by atoms with Gasteiger partial charge in [-0.25, -0.2) is 0 Å². The molecule has 0 N–H and O–H groups in total. The zero-order valence-corrected chi connectivity index (χ0v) is 12.7. The molecule has 0 radical (unpaired) electrons. The van der Waals surface area contributed by atoms with E-state index in [-0.39, 0.29) is 5.91 Å². The summed E-state index contributed by atoms with van der Waals surface area (Å²) in [5.41, 5.74) is 1.26. The zero-order chi connectivity index (χ0) is 14.4. The molecular formula is C17H26N2O. The Balaban J connectivity index is 1.86. The molecule has 3 heteroatoms. The van der Waals surface area contributed by atoms with Gasteiger partial charge in [0, 0.05) is 19.1 Å². The number of hydrogen-bond donors (Lipinski definition) is 0. The summed E-state index contributed by atoms with van der Waals surface area (Å²) in [5, 5.41) is 0. The number of amides is 1. The third-order valence-corrected chi connectivity index (χ3v) is 4.12. The van der Waals surface area contributed by atoms with Gasteiger partial charge >= 0.3 is 0 Å². The van der Waals surface area contributed by atoms with Crippen LogP contribution in [0.25, 0.3) is 0 Å². The second-order valence-corrected chi connectivity index (χ2v) is 5.80. The Morgan fingerprint density at radius 1 is 1.30 bits per heavy atom. The lowest BCUT2D eigenvalue weighted by atomic mass is 10.00. The molecule has 1 amide bonds. The van der Waals surface area contributed by atoms with Crippen LogP contribution in [0.2, 0.25) is 0 Å². The van der Waals surface area contributed by atoms with Crippen LogP contribution < -0.4 is 0 Å². The Morgan fingerprint density at radius 3 is 2.75 bits per heavy atom. The van der Waals surface area contributed by atoms with Crippen LogP contribution in [0.3, 0.4) is 0 Å². The van der Waals surface area contributed by atoms with Gasteiger partial charge in [-0.2, -0.15) is 0 Å². The van der Waals surface area contributed by atoms with Crippen LogP contribution in [0, 0.1) is 0 Å². The van der Waals surface area contributed by atoms with Crippen molar-refractivity contribution in [3.05, 3.63) is 35.9 Å². The number of piperidine rings is 1. The smallest absolute Gasteiger partial charge is 0.236 e. The molecule has 1 atom stereocenters. The van der Waals surface area contributed by atoms with Crippen molar-refractivity contribution in [3.8, 4) is 0 Å². The van der Waals surface area contributed by atoms with Gasteiger partial charge in [-0.1, -0.05) is 37.3 Å². The maximum atomic E-state index is 12.5. The van der Waals surface area contributed by atoms with Crippen molar-refractivity contribution < 1.29 is 4.79 Å². The lowest BCUT2D eigenvalue weighted by Gasteiger charge is -2.36. The third-order valence-electron chi connectivity index (χ3n) is 4.12. The molecule has 0 aromatic heterocycles. The van der Waals surface area contributed by atoms with Gasteiger partial charge in [-0.05, 0) is 38.3 Å². The van der Waals surface area contributed by atoms with Gasteiger partial charge in [0.2, 0.25) is 5.91 Å². The second-order valence-electron chi connectivity index (χ2n) is 5.80. The van der Waals surface area contributed by atoms with Crippen LogP contribution in [-0.4, -0.2) is 41.9 Å². The van der Waals surface area contributed by atoms with Crippen LogP contribution in [0.5, 0.6) is 0 Å². The average molecular weight is 274 g/mol. The molecule has 110 valence electrons. The standard InChI is InChI=1S/C17H26N2O/c1-3-16-11-7-8-12-19(16)17(20)14-18(2)13-15-9-5-4-6-10-15/h4-6,9-10,16H,3,7-8,11-14H2,1-2H3. The van der Waals surface area contributed by atoms with E-state index in [4.69, 9.17) is 0 Å². The van der Waals surface area contributed by atoms with Gasteiger partial charge in [0.15, 0.2) is 0 Å². The van der Waals surface area contributed by atoms with Gasteiger partial charge in [0.25, 0.3) is 0 Å². The molecular weight excluding hydrogens is 248 g/mol. The van der Waals surface area contributed by atoms with E-state index in [0.29, 0.717) is 12.6 Å². The first kappa shape index (κ1) is 15.0. The summed E-state index contributed by atoms with van der Waals surface area (Å²) in [7, 11) is 2.02. The number of benzene rings is 1. The normalized spacial score (nSPS) is 19.4. The van der Waals surface area contributed by atoms with E-state index < -0.39 is 0 Å².